The molecule has 3 N–H and O–H groups in total. The molecular weight excluding hydrogens is 230 g/mol. The van der Waals surface area contributed by atoms with Gasteiger partial charge in [0.2, 0.25) is 0 Å². The van der Waals surface area contributed by atoms with Crippen LogP contribution in [-0.4, -0.2) is 18.1 Å². The third-order valence-electron chi connectivity index (χ3n) is 2.31. The fourth-order valence-corrected chi connectivity index (χ4v) is 2.04. The third kappa shape index (κ3) is 4.47. The highest BCUT2D eigenvalue weighted by Crippen LogP contribution is 2.12. The Kier molecular flexibility index (Phi) is 5.73. The molecule has 1 unspecified atom stereocenters. The Morgan fingerprint density at radius 1 is 1.31 bits per heavy atom. The normalized spacial score (nSPS) is 12.8. The lowest BCUT2D eigenvalue weighted by molar-refractivity contribution is 0.509. The number of benzene rings is 1. The van der Waals surface area contributed by atoms with Crippen molar-refractivity contribution in [2.45, 2.75) is 18.9 Å². The van der Waals surface area contributed by atoms with Gasteiger partial charge in [0.05, 0.1) is 0 Å². The van der Waals surface area contributed by atoms with E-state index in [0.717, 1.165) is 18.2 Å². The predicted molar refractivity (Wildman–Crippen MR) is 64.2 cm³/mol. The molecule has 1 aromatic carbocycles. The smallest absolute Gasteiger partial charge is 0.126 e. The van der Waals surface area contributed by atoms with E-state index in [1.807, 2.05) is 6.26 Å². The molecule has 0 amide bonds. The average molecular weight is 246 g/mol. The van der Waals surface area contributed by atoms with Gasteiger partial charge in [0, 0.05) is 12.1 Å². The maximum Gasteiger partial charge on any atom is 0.126 e. The van der Waals surface area contributed by atoms with Gasteiger partial charge >= 0.3 is 0 Å². The number of hydrogen-bond donors (Lipinski definition) is 2. The summed E-state index contributed by atoms with van der Waals surface area (Å²) >= 11 is 1.72. The lowest BCUT2D eigenvalue weighted by Crippen LogP contribution is -2.37. The number of halogens is 2. The number of rotatable bonds is 6. The highest BCUT2D eigenvalue weighted by Gasteiger charge is 2.09. The van der Waals surface area contributed by atoms with Gasteiger partial charge in [-0.3, -0.25) is 11.3 Å². The number of nitrogens with one attached hydrogen (secondary N) is 1. The molecule has 0 fully saturated rings. The topological polar surface area (TPSA) is 38.0 Å². The van der Waals surface area contributed by atoms with E-state index in [2.05, 4.69) is 5.43 Å². The summed E-state index contributed by atoms with van der Waals surface area (Å²) in [4.78, 5) is 0. The molecule has 0 aliphatic carbocycles. The van der Waals surface area contributed by atoms with Crippen LogP contribution in [0.1, 0.15) is 12.0 Å². The molecule has 0 aromatic heterocycles. The highest BCUT2D eigenvalue weighted by molar-refractivity contribution is 7.98. The summed E-state index contributed by atoms with van der Waals surface area (Å²) in [7, 11) is 0. The second-order valence-electron chi connectivity index (χ2n) is 3.63. The van der Waals surface area contributed by atoms with Crippen LogP contribution < -0.4 is 11.3 Å². The quantitative estimate of drug-likeness (QED) is 0.596. The minimum Gasteiger partial charge on any atom is -0.271 e. The van der Waals surface area contributed by atoms with E-state index in [4.69, 9.17) is 5.84 Å². The van der Waals surface area contributed by atoms with Crippen LogP contribution in [0.4, 0.5) is 8.78 Å². The molecule has 0 aliphatic heterocycles. The van der Waals surface area contributed by atoms with Gasteiger partial charge in [-0.05, 0) is 42.5 Å². The number of thioether (sulfide) groups is 1. The van der Waals surface area contributed by atoms with Crippen LogP contribution in [0.5, 0.6) is 0 Å². The molecule has 90 valence electrons. The number of hydrogen-bond acceptors (Lipinski definition) is 3. The van der Waals surface area contributed by atoms with E-state index in [0.29, 0.717) is 12.0 Å². The maximum absolute atomic E-state index is 12.9. The molecule has 16 heavy (non-hydrogen) atoms. The maximum atomic E-state index is 12.9. The van der Waals surface area contributed by atoms with Gasteiger partial charge in [-0.1, -0.05) is 0 Å². The minimum atomic E-state index is -0.546. The van der Waals surface area contributed by atoms with Crippen molar-refractivity contribution in [2.24, 2.45) is 5.84 Å². The zero-order chi connectivity index (χ0) is 12.0. The van der Waals surface area contributed by atoms with Gasteiger partial charge in [-0.25, -0.2) is 8.78 Å². The van der Waals surface area contributed by atoms with Crippen LogP contribution in [0, 0.1) is 11.6 Å². The van der Waals surface area contributed by atoms with Gasteiger partial charge in [0.1, 0.15) is 11.6 Å². The first-order valence-electron chi connectivity index (χ1n) is 5.05. The summed E-state index contributed by atoms with van der Waals surface area (Å²) in [6.45, 7) is 0. The monoisotopic (exact) mass is 246 g/mol. The Morgan fingerprint density at radius 2 is 1.94 bits per heavy atom. The third-order valence-corrected chi connectivity index (χ3v) is 2.95. The molecule has 0 saturated heterocycles. The van der Waals surface area contributed by atoms with E-state index < -0.39 is 11.6 Å². The van der Waals surface area contributed by atoms with Crippen LogP contribution in [0.15, 0.2) is 18.2 Å². The minimum absolute atomic E-state index is 0.0497. The van der Waals surface area contributed by atoms with Gasteiger partial charge in [-0.15, -0.1) is 0 Å². The van der Waals surface area contributed by atoms with E-state index in [-0.39, 0.29) is 6.04 Å². The Balaban J connectivity index is 2.62. The van der Waals surface area contributed by atoms with Crippen molar-refractivity contribution in [3.63, 3.8) is 0 Å². The standard InChI is InChI=1S/C11H16F2N2S/c1-16-3-2-11(15-14)6-8-4-9(12)7-10(13)5-8/h4-5,7,11,15H,2-3,6,14H2,1H3. The lowest BCUT2D eigenvalue weighted by atomic mass is 10.0. The fraction of sp³-hybridized carbons (Fsp3) is 0.455. The molecule has 0 heterocycles. The highest BCUT2D eigenvalue weighted by atomic mass is 32.2. The molecule has 0 radical (unpaired) electrons. The number of hydrazine groups is 1. The number of nitrogens with two attached hydrogens (primary N) is 1. The van der Waals surface area contributed by atoms with Crippen molar-refractivity contribution in [3.05, 3.63) is 35.4 Å². The van der Waals surface area contributed by atoms with Crippen LogP contribution in [0.3, 0.4) is 0 Å². The predicted octanol–water partition coefficient (Wildman–Crippen LogP) is 2.09. The van der Waals surface area contributed by atoms with Crippen molar-refractivity contribution in [1.82, 2.24) is 5.43 Å². The summed E-state index contributed by atoms with van der Waals surface area (Å²) in [5.41, 5.74) is 3.29. The second kappa shape index (κ2) is 6.83. The molecule has 1 atom stereocenters. The summed E-state index contributed by atoms with van der Waals surface area (Å²) in [6.07, 6.45) is 3.41. The average Bonchev–Trinajstić information content (AvgIpc) is 2.22. The van der Waals surface area contributed by atoms with Gasteiger partial charge in [-0.2, -0.15) is 11.8 Å². The summed E-state index contributed by atoms with van der Waals surface area (Å²) in [5.74, 6) is 5.26. The van der Waals surface area contributed by atoms with Crippen LogP contribution in [-0.2, 0) is 6.42 Å². The summed E-state index contributed by atoms with van der Waals surface area (Å²) in [5, 5.41) is 0. The second-order valence-corrected chi connectivity index (χ2v) is 4.61. The Labute approximate surface area is 98.6 Å². The Bertz CT molecular complexity index is 314. The molecule has 1 aromatic rings. The Hall–Kier alpha value is -0.650. The van der Waals surface area contributed by atoms with Crippen LogP contribution >= 0.6 is 11.8 Å². The molecule has 0 spiro atoms. The molecule has 0 saturated carbocycles. The van der Waals surface area contributed by atoms with Gasteiger partial charge in [0.25, 0.3) is 0 Å². The molecule has 2 nitrogen and oxygen atoms in total. The molecule has 0 aliphatic rings. The van der Waals surface area contributed by atoms with Crippen molar-refractivity contribution >= 4 is 11.8 Å². The van der Waals surface area contributed by atoms with E-state index in [9.17, 15) is 8.78 Å². The van der Waals surface area contributed by atoms with E-state index in [1.165, 1.54) is 12.1 Å². The SMILES string of the molecule is CSCCC(Cc1cc(F)cc(F)c1)NN. The zero-order valence-corrected chi connectivity index (χ0v) is 9.99. The van der Waals surface area contributed by atoms with E-state index in [1.54, 1.807) is 11.8 Å². The summed E-state index contributed by atoms with van der Waals surface area (Å²) < 4.78 is 25.9. The first-order valence-corrected chi connectivity index (χ1v) is 6.45. The Morgan fingerprint density at radius 3 is 2.44 bits per heavy atom. The first kappa shape index (κ1) is 13.4. The van der Waals surface area contributed by atoms with Crippen LogP contribution in [0.25, 0.3) is 0 Å². The van der Waals surface area contributed by atoms with E-state index >= 15 is 0 Å². The van der Waals surface area contributed by atoms with Gasteiger partial charge in [0.15, 0.2) is 0 Å². The molecule has 5 heteroatoms. The zero-order valence-electron chi connectivity index (χ0n) is 9.17. The van der Waals surface area contributed by atoms with Crippen molar-refractivity contribution in [1.29, 1.82) is 0 Å². The molecular formula is C11H16F2N2S. The van der Waals surface area contributed by atoms with Crippen molar-refractivity contribution in [2.75, 3.05) is 12.0 Å². The summed E-state index contributed by atoms with van der Waals surface area (Å²) in [6, 6.07) is 3.60. The molecule has 0 bridgehead atoms. The van der Waals surface area contributed by atoms with Crippen LogP contribution in [0.2, 0.25) is 0 Å². The van der Waals surface area contributed by atoms with Gasteiger partial charge < -0.3 is 0 Å². The molecule has 1 rings (SSSR count). The van der Waals surface area contributed by atoms with Crippen molar-refractivity contribution < 1.29 is 8.78 Å². The fourth-order valence-electron chi connectivity index (χ4n) is 1.52. The largest absolute Gasteiger partial charge is 0.271 e. The first-order chi connectivity index (χ1) is 7.65. The lowest BCUT2D eigenvalue weighted by Gasteiger charge is -2.15. The van der Waals surface area contributed by atoms with Crippen molar-refractivity contribution in [3.8, 4) is 0 Å².